The molecule has 2 aromatic rings. The van der Waals surface area contributed by atoms with Crippen molar-refractivity contribution in [3.63, 3.8) is 0 Å². The zero-order valence-electron chi connectivity index (χ0n) is 14.8. The summed E-state index contributed by atoms with van der Waals surface area (Å²) < 4.78 is 34.8. The summed E-state index contributed by atoms with van der Waals surface area (Å²) in [5.74, 6) is -1.71. The summed E-state index contributed by atoms with van der Waals surface area (Å²) in [7, 11) is -3.38. The Kier molecular flexibility index (Phi) is 6.12. The van der Waals surface area contributed by atoms with Crippen LogP contribution in [0.2, 0.25) is 0 Å². The Morgan fingerprint density at radius 3 is 2.14 bits per heavy atom. The second kappa shape index (κ2) is 8.32. The zero-order chi connectivity index (χ0) is 20.9. The number of hydrogen-bond acceptors (Lipinski definition) is 8. The molecule has 0 amide bonds. The van der Waals surface area contributed by atoms with E-state index >= 15 is 0 Å². The van der Waals surface area contributed by atoms with Gasteiger partial charge in [0.1, 0.15) is 11.0 Å². The van der Waals surface area contributed by atoms with Gasteiger partial charge in [-0.1, -0.05) is 17.7 Å². The molecule has 0 radical (unpaired) electrons. The Morgan fingerprint density at radius 1 is 1.11 bits per heavy atom. The molecule has 28 heavy (non-hydrogen) atoms. The van der Waals surface area contributed by atoms with Gasteiger partial charge in [-0.15, -0.1) is 0 Å². The number of benzene rings is 2. The maximum atomic E-state index is 12.6. The minimum absolute atomic E-state index is 0.0248. The molecule has 0 fully saturated rings. The lowest BCUT2D eigenvalue weighted by molar-refractivity contribution is -0.384. The molecule has 0 heterocycles. The molecule has 0 aromatic heterocycles. The predicted octanol–water partition coefficient (Wildman–Crippen LogP) is 2.72. The van der Waals surface area contributed by atoms with E-state index in [2.05, 4.69) is 4.74 Å². The average Bonchev–Trinajstić information content (AvgIpc) is 2.67. The number of nitriles is 1. The molecule has 0 saturated carbocycles. The van der Waals surface area contributed by atoms with E-state index in [1.165, 1.54) is 24.3 Å². The molecule has 0 atom stereocenters. The number of nitro groups is 1. The van der Waals surface area contributed by atoms with Crippen molar-refractivity contribution in [3.8, 4) is 6.07 Å². The van der Waals surface area contributed by atoms with Crippen molar-refractivity contribution in [2.24, 2.45) is 0 Å². The van der Waals surface area contributed by atoms with Crippen LogP contribution in [0.3, 0.4) is 0 Å². The molecular weight excluding hydrogens is 388 g/mol. The SMILES string of the molecule is COC(=O)/C(C#N)=C(\OS(=O)(=O)c1ccc(C)cc1)c1ccc([N+](=O)[O-])cc1. The normalized spacial score (nSPS) is 11.8. The van der Waals surface area contributed by atoms with E-state index in [4.69, 9.17) is 4.18 Å². The second-order valence-electron chi connectivity index (χ2n) is 5.46. The second-order valence-corrected chi connectivity index (χ2v) is 7.01. The number of methoxy groups -OCH3 is 1. The van der Waals surface area contributed by atoms with Gasteiger partial charge in [0.05, 0.1) is 12.0 Å². The van der Waals surface area contributed by atoms with Crippen molar-refractivity contribution in [1.29, 1.82) is 5.26 Å². The van der Waals surface area contributed by atoms with Gasteiger partial charge < -0.3 is 8.92 Å². The molecule has 0 aliphatic carbocycles. The fraction of sp³-hybridized carbons (Fsp3) is 0.111. The summed E-state index contributed by atoms with van der Waals surface area (Å²) in [5.41, 5.74) is -0.172. The van der Waals surface area contributed by atoms with Crippen molar-refractivity contribution in [3.05, 3.63) is 75.3 Å². The monoisotopic (exact) mass is 402 g/mol. The van der Waals surface area contributed by atoms with Crippen LogP contribution >= 0.6 is 0 Å². The van der Waals surface area contributed by atoms with Crippen molar-refractivity contribution in [1.82, 2.24) is 0 Å². The molecule has 144 valence electrons. The van der Waals surface area contributed by atoms with Crippen LogP contribution in [-0.4, -0.2) is 26.4 Å². The summed E-state index contributed by atoms with van der Waals surface area (Å²) >= 11 is 0. The number of esters is 1. The Labute approximate surface area is 160 Å². The Balaban J connectivity index is 2.60. The number of hydrogen-bond donors (Lipinski definition) is 0. The zero-order valence-corrected chi connectivity index (χ0v) is 15.6. The number of carbonyl (C=O) groups excluding carboxylic acids is 1. The highest BCUT2D eigenvalue weighted by atomic mass is 32.2. The minimum Gasteiger partial charge on any atom is -0.465 e. The van der Waals surface area contributed by atoms with Crippen LogP contribution in [0.4, 0.5) is 5.69 Å². The fourth-order valence-electron chi connectivity index (χ4n) is 2.12. The van der Waals surface area contributed by atoms with E-state index in [1.807, 2.05) is 0 Å². The highest BCUT2D eigenvalue weighted by molar-refractivity contribution is 7.87. The lowest BCUT2D eigenvalue weighted by atomic mass is 10.1. The molecular formula is C18H14N2O7S. The van der Waals surface area contributed by atoms with Crippen molar-refractivity contribution >= 4 is 27.5 Å². The summed E-state index contributed by atoms with van der Waals surface area (Å²) in [6.07, 6.45) is 0. The van der Waals surface area contributed by atoms with Gasteiger partial charge in [-0.25, -0.2) is 4.79 Å². The highest BCUT2D eigenvalue weighted by Gasteiger charge is 2.26. The van der Waals surface area contributed by atoms with E-state index in [0.717, 1.165) is 24.8 Å². The Morgan fingerprint density at radius 2 is 1.68 bits per heavy atom. The van der Waals surface area contributed by atoms with Crippen LogP contribution in [0.25, 0.3) is 5.76 Å². The molecule has 2 aromatic carbocycles. The maximum Gasteiger partial charge on any atom is 0.352 e. The molecule has 0 N–H and O–H groups in total. The number of aryl methyl sites for hydroxylation is 1. The van der Waals surface area contributed by atoms with Crippen LogP contribution in [0.5, 0.6) is 0 Å². The van der Waals surface area contributed by atoms with E-state index in [0.29, 0.717) is 0 Å². The molecule has 2 rings (SSSR count). The Bertz CT molecular complexity index is 1080. The first-order valence-corrected chi connectivity index (χ1v) is 9.09. The first kappa shape index (κ1) is 20.6. The smallest absolute Gasteiger partial charge is 0.352 e. The third-order valence-corrected chi connectivity index (χ3v) is 4.81. The number of carbonyl (C=O) groups is 1. The van der Waals surface area contributed by atoms with Crippen LogP contribution in [0.1, 0.15) is 11.1 Å². The molecule has 0 aliphatic rings. The number of non-ortho nitro benzene ring substituents is 1. The number of nitrogens with zero attached hydrogens (tertiary/aromatic N) is 2. The average molecular weight is 402 g/mol. The van der Waals surface area contributed by atoms with Crippen molar-refractivity contribution in [2.45, 2.75) is 11.8 Å². The van der Waals surface area contributed by atoms with Gasteiger partial charge in [0.15, 0.2) is 11.3 Å². The third kappa shape index (κ3) is 4.52. The number of ether oxygens (including phenoxy) is 1. The topological polar surface area (TPSA) is 137 Å². The standard InChI is InChI=1S/C18H14N2O7S/c1-12-3-9-15(10-4-12)28(24,25)27-17(16(11-19)18(21)26-2)13-5-7-14(8-6-13)20(22)23/h3-10H,1-2H3/b17-16-. The van der Waals surface area contributed by atoms with Crippen LogP contribution < -0.4 is 0 Å². The minimum atomic E-state index is -4.40. The summed E-state index contributed by atoms with van der Waals surface area (Å²) in [6, 6.07) is 11.8. The van der Waals surface area contributed by atoms with Gasteiger partial charge in [-0.05, 0) is 31.2 Å². The highest BCUT2D eigenvalue weighted by Crippen LogP contribution is 2.28. The first-order valence-electron chi connectivity index (χ1n) is 7.68. The summed E-state index contributed by atoms with van der Waals surface area (Å²) in [6.45, 7) is 1.77. The number of nitro benzene ring substituents is 1. The first-order chi connectivity index (χ1) is 13.2. The van der Waals surface area contributed by atoms with Gasteiger partial charge in [-0.2, -0.15) is 13.7 Å². The molecule has 0 saturated heterocycles. The summed E-state index contributed by atoms with van der Waals surface area (Å²) in [4.78, 5) is 21.9. The van der Waals surface area contributed by atoms with Crippen LogP contribution in [0, 0.1) is 28.4 Å². The third-order valence-electron chi connectivity index (χ3n) is 3.57. The predicted molar refractivity (Wildman–Crippen MR) is 97.1 cm³/mol. The Hall–Kier alpha value is -3.71. The van der Waals surface area contributed by atoms with Gasteiger partial charge in [0.2, 0.25) is 0 Å². The largest absolute Gasteiger partial charge is 0.465 e. The maximum absolute atomic E-state index is 12.6. The summed E-state index contributed by atoms with van der Waals surface area (Å²) in [5, 5.41) is 20.1. The van der Waals surface area contributed by atoms with Gasteiger partial charge in [-0.3, -0.25) is 10.1 Å². The lowest BCUT2D eigenvalue weighted by Gasteiger charge is -2.12. The van der Waals surface area contributed by atoms with Gasteiger partial charge in [0.25, 0.3) is 5.69 Å². The molecule has 0 unspecified atom stereocenters. The van der Waals surface area contributed by atoms with Crippen molar-refractivity contribution in [2.75, 3.05) is 7.11 Å². The van der Waals surface area contributed by atoms with Gasteiger partial charge >= 0.3 is 16.1 Å². The lowest BCUT2D eigenvalue weighted by Crippen LogP contribution is -2.12. The van der Waals surface area contributed by atoms with E-state index in [-0.39, 0.29) is 16.1 Å². The number of rotatable bonds is 6. The van der Waals surface area contributed by atoms with Crippen LogP contribution in [0.15, 0.2) is 59.0 Å². The molecule has 10 heteroatoms. The van der Waals surface area contributed by atoms with E-state index in [1.54, 1.807) is 25.1 Å². The fourth-order valence-corrected chi connectivity index (χ4v) is 3.09. The molecule has 0 aliphatic heterocycles. The van der Waals surface area contributed by atoms with Gasteiger partial charge in [0, 0.05) is 17.7 Å². The van der Waals surface area contributed by atoms with E-state index < -0.39 is 32.3 Å². The molecule has 9 nitrogen and oxygen atoms in total. The van der Waals surface area contributed by atoms with Crippen molar-refractivity contribution < 1.29 is 27.1 Å². The molecule has 0 bridgehead atoms. The van der Waals surface area contributed by atoms with E-state index in [9.17, 15) is 28.6 Å². The molecule has 0 spiro atoms. The van der Waals surface area contributed by atoms with Crippen LogP contribution in [-0.2, 0) is 23.8 Å². The quantitative estimate of drug-likeness (QED) is 0.137.